The Morgan fingerprint density at radius 3 is 2.58 bits per heavy atom. The highest BCUT2D eigenvalue weighted by atomic mass is 19.3. The Hall–Kier alpha value is -2.48. The van der Waals surface area contributed by atoms with Gasteiger partial charge in [0.05, 0.1) is 6.67 Å². The summed E-state index contributed by atoms with van der Waals surface area (Å²) in [6.07, 6.45) is 3.91. The Labute approximate surface area is 150 Å². The first kappa shape index (κ1) is 17.0. The number of rotatable bonds is 5. The molecular formula is C18H21F2N5O. The molecule has 3 heterocycles. The topological polar surface area (TPSA) is 57.4 Å². The molecule has 0 amide bonds. The molecule has 2 aliphatic heterocycles. The van der Waals surface area contributed by atoms with Gasteiger partial charge in [-0.1, -0.05) is 12.1 Å². The maximum atomic E-state index is 12.5. The normalized spacial score (nSPS) is 18.3. The van der Waals surface area contributed by atoms with Gasteiger partial charge in [-0.3, -0.25) is 0 Å². The van der Waals surface area contributed by atoms with Gasteiger partial charge in [0.15, 0.2) is 0 Å². The lowest BCUT2D eigenvalue weighted by Crippen LogP contribution is -2.41. The molecule has 0 saturated carbocycles. The fourth-order valence-electron chi connectivity index (χ4n) is 3.39. The standard InChI is InChI=1S/C18H21F2N5O/c19-16(20)18-23-22-17(26-18)14-3-1-13(2-4-14)11-24-9-10-25(12-24)15-5-7-21-8-6-15/h1-4,9-10,15-16,21H,5-8,11-12H2. The zero-order valence-electron chi connectivity index (χ0n) is 14.3. The van der Waals surface area contributed by atoms with Gasteiger partial charge in [-0.2, -0.15) is 8.78 Å². The zero-order chi connectivity index (χ0) is 17.9. The largest absolute Gasteiger partial charge is 0.415 e. The molecule has 4 rings (SSSR count). The lowest BCUT2D eigenvalue weighted by Gasteiger charge is -2.32. The van der Waals surface area contributed by atoms with E-state index in [1.807, 2.05) is 24.3 Å². The molecule has 1 fully saturated rings. The summed E-state index contributed by atoms with van der Waals surface area (Å²) >= 11 is 0. The van der Waals surface area contributed by atoms with Crippen molar-refractivity contribution in [1.82, 2.24) is 25.3 Å². The second-order valence-electron chi connectivity index (χ2n) is 6.62. The highest BCUT2D eigenvalue weighted by Gasteiger charge is 2.23. The molecular weight excluding hydrogens is 340 g/mol. The quantitative estimate of drug-likeness (QED) is 0.884. The Kier molecular flexibility index (Phi) is 4.83. The van der Waals surface area contributed by atoms with Crippen molar-refractivity contribution in [3.05, 3.63) is 48.1 Å². The van der Waals surface area contributed by atoms with Crippen LogP contribution in [0.25, 0.3) is 11.5 Å². The molecule has 138 valence electrons. The summed E-state index contributed by atoms with van der Waals surface area (Å²) in [4.78, 5) is 4.66. The van der Waals surface area contributed by atoms with Gasteiger partial charge in [0, 0.05) is 30.5 Å². The first-order valence-corrected chi connectivity index (χ1v) is 8.79. The van der Waals surface area contributed by atoms with Crippen LogP contribution in [0.15, 0.2) is 41.1 Å². The summed E-state index contributed by atoms with van der Waals surface area (Å²) in [6.45, 7) is 3.86. The summed E-state index contributed by atoms with van der Waals surface area (Å²) in [5.74, 6) is -0.533. The molecule has 0 atom stereocenters. The number of hydrogen-bond donors (Lipinski definition) is 1. The molecule has 0 radical (unpaired) electrons. The van der Waals surface area contributed by atoms with Gasteiger partial charge < -0.3 is 19.5 Å². The van der Waals surface area contributed by atoms with E-state index in [1.165, 1.54) is 12.8 Å². The smallest absolute Gasteiger partial charge is 0.314 e. The summed E-state index contributed by atoms with van der Waals surface area (Å²) in [5, 5.41) is 10.4. The second kappa shape index (κ2) is 7.41. The molecule has 26 heavy (non-hydrogen) atoms. The monoisotopic (exact) mass is 361 g/mol. The molecule has 1 aromatic heterocycles. The Balaban J connectivity index is 1.35. The lowest BCUT2D eigenvalue weighted by molar-refractivity contribution is 0.116. The van der Waals surface area contributed by atoms with Gasteiger partial charge in [-0.05, 0) is 43.6 Å². The van der Waals surface area contributed by atoms with Crippen LogP contribution in [0.1, 0.15) is 30.7 Å². The number of alkyl halides is 2. The minimum atomic E-state index is -2.75. The van der Waals surface area contributed by atoms with Crippen LogP contribution in [0.3, 0.4) is 0 Å². The van der Waals surface area contributed by atoms with Crippen molar-refractivity contribution in [1.29, 1.82) is 0 Å². The van der Waals surface area contributed by atoms with E-state index < -0.39 is 12.3 Å². The predicted molar refractivity (Wildman–Crippen MR) is 92.0 cm³/mol. The maximum absolute atomic E-state index is 12.5. The first-order valence-electron chi connectivity index (χ1n) is 8.79. The van der Waals surface area contributed by atoms with Crippen LogP contribution >= 0.6 is 0 Å². The molecule has 0 aliphatic carbocycles. The van der Waals surface area contributed by atoms with E-state index in [2.05, 4.69) is 37.7 Å². The minimum absolute atomic E-state index is 0.116. The summed E-state index contributed by atoms with van der Waals surface area (Å²) in [5.41, 5.74) is 1.78. The molecule has 1 saturated heterocycles. The maximum Gasteiger partial charge on any atom is 0.314 e. The van der Waals surface area contributed by atoms with E-state index in [4.69, 9.17) is 4.42 Å². The number of hydrogen-bond acceptors (Lipinski definition) is 6. The van der Waals surface area contributed by atoms with Crippen LogP contribution in [0.2, 0.25) is 0 Å². The van der Waals surface area contributed by atoms with E-state index >= 15 is 0 Å². The van der Waals surface area contributed by atoms with Gasteiger partial charge >= 0.3 is 6.43 Å². The Morgan fingerprint density at radius 2 is 1.88 bits per heavy atom. The Morgan fingerprint density at radius 1 is 1.12 bits per heavy atom. The van der Waals surface area contributed by atoms with Crippen LogP contribution in [-0.4, -0.2) is 45.8 Å². The van der Waals surface area contributed by atoms with Gasteiger partial charge in [0.25, 0.3) is 5.89 Å². The van der Waals surface area contributed by atoms with Crippen LogP contribution in [-0.2, 0) is 6.54 Å². The lowest BCUT2D eigenvalue weighted by atomic mass is 10.1. The third-order valence-electron chi connectivity index (χ3n) is 4.81. The van der Waals surface area contributed by atoms with Crippen molar-refractivity contribution in [2.75, 3.05) is 19.8 Å². The summed E-state index contributed by atoms with van der Waals surface area (Å²) in [6, 6.07) is 8.18. The number of halogens is 2. The Bertz CT molecular complexity index is 755. The van der Waals surface area contributed by atoms with E-state index in [0.29, 0.717) is 11.6 Å². The highest BCUT2D eigenvalue weighted by molar-refractivity contribution is 5.53. The number of nitrogens with zero attached hydrogens (tertiary/aromatic N) is 4. The molecule has 2 aromatic rings. The summed E-state index contributed by atoms with van der Waals surface area (Å²) < 4.78 is 30.1. The average Bonchev–Trinajstić information content (AvgIpc) is 3.33. The second-order valence-corrected chi connectivity index (χ2v) is 6.62. The van der Waals surface area contributed by atoms with Crippen LogP contribution in [0.5, 0.6) is 0 Å². The van der Waals surface area contributed by atoms with Crippen molar-refractivity contribution in [3.63, 3.8) is 0 Å². The third-order valence-corrected chi connectivity index (χ3v) is 4.81. The van der Waals surface area contributed by atoms with Crippen LogP contribution < -0.4 is 5.32 Å². The van der Waals surface area contributed by atoms with E-state index in [9.17, 15) is 8.78 Å². The van der Waals surface area contributed by atoms with Crippen LogP contribution in [0.4, 0.5) is 8.78 Å². The number of piperidine rings is 1. The molecule has 2 aliphatic rings. The fourth-order valence-corrected chi connectivity index (χ4v) is 3.39. The number of benzene rings is 1. The number of nitrogens with one attached hydrogen (secondary N) is 1. The predicted octanol–water partition coefficient (Wildman–Crippen LogP) is 2.97. The fraction of sp³-hybridized carbons (Fsp3) is 0.444. The molecule has 0 spiro atoms. The molecule has 0 bridgehead atoms. The van der Waals surface area contributed by atoms with Crippen molar-refractivity contribution < 1.29 is 13.2 Å². The van der Waals surface area contributed by atoms with Gasteiger partial charge in [-0.25, -0.2) is 0 Å². The van der Waals surface area contributed by atoms with Crippen molar-refractivity contribution >= 4 is 0 Å². The van der Waals surface area contributed by atoms with E-state index in [-0.39, 0.29) is 5.89 Å². The SMILES string of the molecule is FC(F)c1nnc(-c2ccc(CN3C=CN(C4CCNCC4)C3)cc2)o1. The molecule has 1 aromatic carbocycles. The van der Waals surface area contributed by atoms with Crippen molar-refractivity contribution in [2.24, 2.45) is 0 Å². The van der Waals surface area contributed by atoms with Gasteiger partial charge in [0.1, 0.15) is 0 Å². The van der Waals surface area contributed by atoms with Crippen molar-refractivity contribution in [3.8, 4) is 11.5 Å². The summed E-state index contributed by atoms with van der Waals surface area (Å²) in [7, 11) is 0. The molecule has 0 unspecified atom stereocenters. The van der Waals surface area contributed by atoms with Gasteiger partial charge in [0.2, 0.25) is 5.89 Å². The van der Waals surface area contributed by atoms with Gasteiger partial charge in [-0.15, -0.1) is 10.2 Å². The van der Waals surface area contributed by atoms with E-state index in [1.54, 1.807) is 0 Å². The average molecular weight is 361 g/mol. The molecule has 6 nitrogen and oxygen atoms in total. The minimum Gasteiger partial charge on any atom is -0.415 e. The molecule has 1 N–H and O–H groups in total. The van der Waals surface area contributed by atoms with Crippen LogP contribution in [0, 0.1) is 0 Å². The molecule has 8 heteroatoms. The number of aromatic nitrogens is 2. The zero-order valence-corrected chi connectivity index (χ0v) is 14.3. The van der Waals surface area contributed by atoms with Crippen molar-refractivity contribution in [2.45, 2.75) is 31.9 Å². The van der Waals surface area contributed by atoms with E-state index in [0.717, 1.165) is 31.9 Å². The highest BCUT2D eigenvalue weighted by Crippen LogP contribution is 2.24. The third kappa shape index (κ3) is 3.70. The first-order chi connectivity index (χ1) is 12.7.